The fraction of sp³-hybridized carbons (Fsp3) is 0.500. The van der Waals surface area contributed by atoms with Crippen LogP contribution in [-0.2, 0) is 14.8 Å². The predicted molar refractivity (Wildman–Crippen MR) is 125 cm³/mol. The molecular formula is C24H32FN3O4S. The Hall–Kier alpha value is -2.52. The third-order valence-electron chi connectivity index (χ3n) is 6.03. The zero-order valence-corrected chi connectivity index (χ0v) is 20.3. The van der Waals surface area contributed by atoms with Crippen LogP contribution in [0.5, 0.6) is 0 Å². The monoisotopic (exact) mass is 477 g/mol. The van der Waals surface area contributed by atoms with E-state index in [9.17, 15) is 17.6 Å². The molecule has 2 aromatic rings. The first-order valence-electron chi connectivity index (χ1n) is 11.5. The topological polar surface area (TPSA) is 83.7 Å². The fourth-order valence-corrected chi connectivity index (χ4v) is 5.80. The largest absolute Gasteiger partial charge is 0.355 e. The van der Waals surface area contributed by atoms with Gasteiger partial charge in [0.1, 0.15) is 11.5 Å². The van der Waals surface area contributed by atoms with Crippen molar-refractivity contribution in [2.24, 2.45) is 5.92 Å². The second kappa shape index (κ2) is 11.1. The van der Waals surface area contributed by atoms with Crippen molar-refractivity contribution in [2.45, 2.75) is 51.3 Å². The molecule has 0 aliphatic carbocycles. The Labute approximate surface area is 195 Å². The predicted octanol–water partition coefficient (Wildman–Crippen LogP) is 4.34. The van der Waals surface area contributed by atoms with Gasteiger partial charge in [-0.2, -0.15) is 4.31 Å². The van der Waals surface area contributed by atoms with Gasteiger partial charge in [0.25, 0.3) is 0 Å². The molecule has 0 bridgehead atoms. The summed E-state index contributed by atoms with van der Waals surface area (Å²) >= 11 is 0. The van der Waals surface area contributed by atoms with Gasteiger partial charge in [-0.25, -0.2) is 12.8 Å². The maximum Gasteiger partial charge on any atom is 0.248 e. The number of hydrogen-bond donors (Lipinski definition) is 0. The van der Waals surface area contributed by atoms with Gasteiger partial charge in [0.05, 0.1) is 0 Å². The normalized spacial score (nSPS) is 15.9. The molecule has 0 saturated carbocycles. The first kappa shape index (κ1) is 25.1. The number of aromatic nitrogens is 1. The summed E-state index contributed by atoms with van der Waals surface area (Å²) in [5.74, 6) is -0.415. The highest BCUT2D eigenvalue weighted by atomic mass is 32.2. The highest BCUT2D eigenvalue weighted by molar-refractivity contribution is 7.89. The summed E-state index contributed by atoms with van der Waals surface area (Å²) in [5, 5.41) is 3.83. The minimum absolute atomic E-state index is 0.0157. The van der Waals surface area contributed by atoms with E-state index >= 15 is 0 Å². The molecule has 1 aliphatic heterocycles. The van der Waals surface area contributed by atoms with Crippen LogP contribution in [0.15, 0.2) is 33.7 Å². The Bertz CT molecular complexity index is 1090. The van der Waals surface area contributed by atoms with E-state index in [1.807, 2.05) is 11.8 Å². The standard InChI is InChI=1S/C24H32FN3O4S/c1-4-6-15-27(5-2)24(29)20-13-16-28(17-14-20)33(30,31)23-18(3)26-32-22(23)12-11-19-9-7-8-10-21(19)25/h7-12,20H,4-6,13-17H2,1-3H3/b12-11+. The van der Waals surface area contributed by atoms with Gasteiger partial charge in [0.2, 0.25) is 15.9 Å². The van der Waals surface area contributed by atoms with Crippen LogP contribution < -0.4 is 0 Å². The minimum Gasteiger partial charge on any atom is -0.355 e. The van der Waals surface area contributed by atoms with Crippen LogP contribution in [0, 0.1) is 18.7 Å². The zero-order valence-electron chi connectivity index (χ0n) is 19.5. The van der Waals surface area contributed by atoms with Gasteiger partial charge in [-0.1, -0.05) is 36.7 Å². The molecular weight excluding hydrogens is 445 g/mol. The fourth-order valence-electron chi connectivity index (χ4n) is 4.08. The zero-order chi connectivity index (χ0) is 24.0. The molecule has 1 aromatic carbocycles. The van der Waals surface area contributed by atoms with E-state index < -0.39 is 15.8 Å². The van der Waals surface area contributed by atoms with E-state index in [1.54, 1.807) is 25.1 Å². The third kappa shape index (κ3) is 5.70. The molecule has 1 aliphatic rings. The molecule has 0 atom stereocenters. The molecule has 1 amide bonds. The van der Waals surface area contributed by atoms with Crippen LogP contribution in [0.1, 0.15) is 56.5 Å². The Morgan fingerprint density at radius 1 is 1.24 bits per heavy atom. The van der Waals surface area contributed by atoms with Crippen molar-refractivity contribution in [3.05, 3.63) is 47.1 Å². The van der Waals surface area contributed by atoms with Crippen LogP contribution in [-0.4, -0.2) is 54.9 Å². The van der Waals surface area contributed by atoms with Crippen LogP contribution >= 0.6 is 0 Å². The number of nitrogens with zero attached hydrogens (tertiary/aromatic N) is 3. The van der Waals surface area contributed by atoms with Gasteiger partial charge in [0, 0.05) is 37.7 Å². The lowest BCUT2D eigenvalue weighted by Gasteiger charge is -2.33. The van der Waals surface area contributed by atoms with Crippen molar-refractivity contribution in [3.8, 4) is 0 Å². The average Bonchev–Trinajstić information content (AvgIpc) is 3.20. The number of amides is 1. The van der Waals surface area contributed by atoms with Crippen LogP contribution in [0.3, 0.4) is 0 Å². The summed E-state index contributed by atoms with van der Waals surface area (Å²) in [4.78, 5) is 14.7. The molecule has 33 heavy (non-hydrogen) atoms. The first-order chi connectivity index (χ1) is 15.8. The van der Waals surface area contributed by atoms with Crippen molar-refractivity contribution >= 4 is 28.1 Å². The van der Waals surface area contributed by atoms with Gasteiger partial charge in [-0.05, 0) is 51.3 Å². The van der Waals surface area contributed by atoms with Gasteiger partial charge < -0.3 is 9.42 Å². The number of aryl methyl sites for hydroxylation is 1. The number of unbranched alkanes of at least 4 members (excludes halogenated alkanes) is 1. The van der Waals surface area contributed by atoms with E-state index in [-0.39, 0.29) is 41.3 Å². The summed E-state index contributed by atoms with van der Waals surface area (Å²) < 4.78 is 47.4. The Morgan fingerprint density at radius 2 is 1.94 bits per heavy atom. The average molecular weight is 478 g/mol. The molecule has 1 saturated heterocycles. The van der Waals surface area contributed by atoms with Crippen LogP contribution in [0.2, 0.25) is 0 Å². The van der Waals surface area contributed by atoms with Crippen molar-refractivity contribution in [1.29, 1.82) is 0 Å². The van der Waals surface area contributed by atoms with Crippen LogP contribution in [0.4, 0.5) is 4.39 Å². The Morgan fingerprint density at radius 3 is 2.58 bits per heavy atom. The molecule has 180 valence electrons. The third-order valence-corrected chi connectivity index (χ3v) is 8.09. The van der Waals surface area contributed by atoms with Crippen LogP contribution in [0.25, 0.3) is 12.2 Å². The second-order valence-electron chi connectivity index (χ2n) is 8.27. The number of sulfonamides is 1. The van der Waals surface area contributed by atoms with Crippen molar-refractivity contribution in [1.82, 2.24) is 14.4 Å². The van der Waals surface area contributed by atoms with Crippen molar-refractivity contribution in [2.75, 3.05) is 26.2 Å². The van der Waals surface area contributed by atoms with E-state index in [4.69, 9.17) is 4.52 Å². The lowest BCUT2D eigenvalue weighted by molar-refractivity contribution is -0.136. The quantitative estimate of drug-likeness (QED) is 0.536. The number of hydrogen-bond acceptors (Lipinski definition) is 5. The highest BCUT2D eigenvalue weighted by Crippen LogP contribution is 2.30. The Balaban J connectivity index is 1.74. The molecule has 0 N–H and O–H groups in total. The van der Waals surface area contributed by atoms with Gasteiger partial charge >= 0.3 is 0 Å². The number of halogens is 1. The molecule has 7 nitrogen and oxygen atoms in total. The summed E-state index contributed by atoms with van der Waals surface area (Å²) in [6, 6.07) is 6.19. The van der Waals surface area contributed by atoms with Crippen molar-refractivity contribution < 1.29 is 22.1 Å². The molecule has 2 heterocycles. The smallest absolute Gasteiger partial charge is 0.248 e. The van der Waals surface area contributed by atoms with E-state index in [0.717, 1.165) is 19.4 Å². The summed E-state index contributed by atoms with van der Waals surface area (Å²) in [7, 11) is -3.88. The van der Waals surface area contributed by atoms with E-state index in [2.05, 4.69) is 12.1 Å². The molecule has 1 aromatic heterocycles. The number of carbonyl (C=O) groups excluding carboxylic acids is 1. The maximum absolute atomic E-state index is 13.9. The lowest BCUT2D eigenvalue weighted by Crippen LogP contribution is -2.44. The maximum atomic E-state index is 13.9. The Kier molecular flexibility index (Phi) is 8.42. The molecule has 0 unspecified atom stereocenters. The van der Waals surface area contributed by atoms with E-state index in [0.29, 0.717) is 24.9 Å². The SMILES string of the molecule is CCCCN(CC)C(=O)C1CCN(S(=O)(=O)c2c(C)noc2/C=C/c2ccccc2F)CC1. The molecule has 0 radical (unpaired) electrons. The highest BCUT2D eigenvalue weighted by Gasteiger charge is 2.36. The van der Waals surface area contributed by atoms with Gasteiger partial charge in [-0.3, -0.25) is 4.79 Å². The van der Waals surface area contributed by atoms with Gasteiger partial charge in [0.15, 0.2) is 10.7 Å². The molecule has 3 rings (SSSR count). The number of benzene rings is 1. The minimum atomic E-state index is -3.88. The van der Waals surface area contributed by atoms with Gasteiger partial charge in [-0.15, -0.1) is 0 Å². The second-order valence-corrected chi connectivity index (χ2v) is 10.1. The number of carbonyl (C=O) groups is 1. The molecule has 0 spiro atoms. The van der Waals surface area contributed by atoms with Crippen molar-refractivity contribution in [3.63, 3.8) is 0 Å². The summed E-state index contributed by atoms with van der Waals surface area (Å²) in [6.45, 7) is 7.54. The summed E-state index contributed by atoms with van der Waals surface area (Å²) in [6.07, 6.45) is 5.83. The molecule has 1 fully saturated rings. The number of piperidine rings is 1. The number of rotatable bonds is 9. The van der Waals surface area contributed by atoms with E-state index in [1.165, 1.54) is 22.5 Å². The molecule has 9 heteroatoms. The first-order valence-corrected chi connectivity index (χ1v) is 12.9. The summed E-state index contributed by atoms with van der Waals surface area (Å²) in [5.41, 5.74) is 0.566. The lowest BCUT2D eigenvalue weighted by atomic mass is 9.96.